The van der Waals surface area contributed by atoms with Crippen LogP contribution >= 0.6 is 23.2 Å². The van der Waals surface area contributed by atoms with E-state index in [0.717, 1.165) is 109 Å². The van der Waals surface area contributed by atoms with E-state index in [0.29, 0.717) is 96.0 Å². The molecule has 0 bridgehead atoms. The van der Waals surface area contributed by atoms with Crippen LogP contribution in [0.25, 0.3) is 0 Å². The molecule has 0 aromatic heterocycles. The monoisotopic (exact) mass is 1200 g/mol. The van der Waals surface area contributed by atoms with E-state index in [1.165, 1.54) is 12.1 Å². The molecule has 2 aromatic carbocycles. The summed E-state index contributed by atoms with van der Waals surface area (Å²) in [5.74, 6) is -0.699. The van der Waals surface area contributed by atoms with Crippen LogP contribution in [0.1, 0.15) is 180 Å². The van der Waals surface area contributed by atoms with E-state index < -0.39 is 31.2 Å². The Balaban J connectivity index is 0.000000302. The van der Waals surface area contributed by atoms with Crippen LogP contribution in [-0.4, -0.2) is 137 Å². The maximum absolute atomic E-state index is 15.3. The number of ether oxygens (including phenoxy) is 2. The van der Waals surface area contributed by atoms with Crippen molar-refractivity contribution in [3.05, 3.63) is 69.2 Å². The fourth-order valence-corrected chi connectivity index (χ4v) is 14.8. The molecule has 2 saturated carbocycles. The maximum atomic E-state index is 15.3. The Hall–Kier alpha value is -2.64. The molecular weight excluding hydrogens is 1090 g/mol. The zero-order valence-corrected chi connectivity index (χ0v) is 53.4. The van der Waals surface area contributed by atoms with Gasteiger partial charge in [0.15, 0.2) is 8.32 Å². The van der Waals surface area contributed by atoms with Gasteiger partial charge in [0.25, 0.3) is 0 Å². The van der Waals surface area contributed by atoms with E-state index in [4.69, 9.17) is 37.1 Å². The topological polar surface area (TPSA) is 165 Å². The number of methoxy groups -OCH3 is 2. The van der Waals surface area contributed by atoms with Gasteiger partial charge in [0, 0.05) is 101 Å². The van der Waals surface area contributed by atoms with Crippen molar-refractivity contribution >= 4 is 43.6 Å². The minimum atomic E-state index is -1.77. The predicted octanol–water partition coefficient (Wildman–Crippen LogP) is 13.5. The smallest absolute Gasteiger partial charge is 0.317 e. The van der Waals surface area contributed by atoms with Crippen molar-refractivity contribution in [3.8, 4) is 0 Å². The van der Waals surface area contributed by atoms with E-state index >= 15 is 8.78 Å². The van der Waals surface area contributed by atoms with Crippen molar-refractivity contribution in [3.63, 3.8) is 0 Å². The van der Waals surface area contributed by atoms with Gasteiger partial charge in [0.05, 0.1) is 27.4 Å². The van der Waals surface area contributed by atoms with Crippen LogP contribution < -0.4 is 16.0 Å². The van der Waals surface area contributed by atoms with Crippen molar-refractivity contribution in [2.75, 3.05) is 67.2 Å². The Labute approximate surface area is 497 Å². The minimum Gasteiger partial charge on any atom is -0.414 e. The van der Waals surface area contributed by atoms with Crippen LogP contribution in [0.3, 0.4) is 0 Å². The van der Waals surface area contributed by atoms with Crippen LogP contribution in [0.4, 0.5) is 18.4 Å². The zero-order chi connectivity index (χ0) is 59.4. The van der Waals surface area contributed by atoms with E-state index in [2.05, 4.69) is 56.7 Å². The highest BCUT2D eigenvalue weighted by atomic mass is 35.5. The van der Waals surface area contributed by atoms with E-state index in [-0.39, 0.29) is 68.3 Å². The summed E-state index contributed by atoms with van der Waals surface area (Å²) in [5.41, 5.74) is -2.42. The third-order valence-corrected chi connectivity index (χ3v) is 23.9. The van der Waals surface area contributed by atoms with Crippen molar-refractivity contribution in [1.29, 1.82) is 0 Å². The van der Waals surface area contributed by atoms with Gasteiger partial charge >= 0.3 is 12.1 Å². The Bertz CT molecular complexity index is 2200. The van der Waals surface area contributed by atoms with Crippen LogP contribution in [0.5, 0.6) is 0 Å². The number of hydrogen-bond acceptors (Lipinski definition) is 9. The van der Waals surface area contributed by atoms with Crippen molar-refractivity contribution < 1.29 is 47.6 Å². The number of aliphatic hydroxyl groups is 3. The van der Waals surface area contributed by atoms with Gasteiger partial charge in [-0.1, -0.05) is 81.6 Å². The number of likely N-dealkylation sites (N-methyl/N-ethyl adjacent to an activating group) is 1. The first kappa shape index (κ1) is 69.1. The Kier molecular flexibility index (Phi) is 28.4. The van der Waals surface area contributed by atoms with Gasteiger partial charge in [-0.05, 0) is 184 Å². The molecule has 2 aliphatic heterocycles. The van der Waals surface area contributed by atoms with E-state index in [1.54, 1.807) is 43.4 Å². The normalized spacial score (nSPS) is 24.2. The number of carbonyl (C=O) groups is 2. The number of benzene rings is 2. The fraction of sp³-hybridized carbons (Fsp3) is 0.778. The number of halogens is 4. The number of carbonyl (C=O) groups excluding carboxylic acids is 2. The minimum absolute atomic E-state index is 0.00576. The standard InChI is InChI=1S/C35H60ClFN2O4Si.C28H45ClFN3O4/c1-8-13-28(24-26-17-19-29(20-18-26)43-44(6,7)34(2,3)4)38-33(40)39-22-12-14-27(25-39)35(41,21-9-10-23-42-5)30-15-11-16-31(36)32(30)37;1-31-18-22(17-20-10-12-23(34)13-11-20)32-27(35)33-15-6-7-21(19-33)28(36,14-3-4-16-37-2)24-8-5-9-25(29)26(24)30/h11,15-16,26-29,41H,8-10,12-14,17-25H2,1-7H3,(H,38,40);5,8-9,20-23,31,34,36H,3-4,6-7,10-19H2,1-2H3,(H,32,35)/t26?,27-,28-,29?,35+;20?,21-,22+,23?,28+/m11/s1. The Morgan fingerprint density at radius 3 is 1.58 bits per heavy atom. The molecule has 13 nitrogen and oxygen atoms in total. The fourth-order valence-electron chi connectivity index (χ4n) is 13.0. The lowest BCUT2D eigenvalue weighted by Crippen LogP contribution is -2.54. The first-order chi connectivity index (χ1) is 38.5. The summed E-state index contributed by atoms with van der Waals surface area (Å²) in [7, 11) is 3.40. The summed E-state index contributed by atoms with van der Waals surface area (Å²) in [4.78, 5) is 30.6. The zero-order valence-electron chi connectivity index (χ0n) is 50.9. The summed E-state index contributed by atoms with van der Waals surface area (Å²) < 4.78 is 47.5. The molecule has 462 valence electrons. The molecule has 4 amide bonds. The number of likely N-dealkylation sites (tertiary alicyclic amines) is 2. The van der Waals surface area contributed by atoms with Gasteiger partial charge in [-0.25, -0.2) is 18.4 Å². The lowest BCUT2D eigenvalue weighted by molar-refractivity contribution is -0.0591. The second-order valence-corrected chi connectivity index (χ2v) is 31.4. The van der Waals surface area contributed by atoms with Gasteiger partial charge in [-0.15, -0.1) is 0 Å². The number of amides is 4. The van der Waals surface area contributed by atoms with Crippen LogP contribution in [0.2, 0.25) is 28.2 Å². The summed E-state index contributed by atoms with van der Waals surface area (Å²) in [6.45, 7) is 17.5. The van der Waals surface area contributed by atoms with Crippen LogP contribution in [0, 0.1) is 35.3 Å². The molecule has 0 radical (unpaired) electrons. The molecule has 6 rings (SSSR count). The SMILES string of the molecule is CCC[C@H](CC1CCC(O[Si](C)(C)C(C)(C)C)CC1)NC(=O)N1CCC[C@@H]([C@@](O)(CCCCOC)c2cccc(Cl)c2F)C1.CNC[C@H](CC1CCC(O)CC1)NC(=O)N1CCC[C@@H]([C@@](O)(CCCCOC)c2cccc(Cl)c2F)C1. The number of hydrogen-bond donors (Lipinski definition) is 6. The molecule has 2 saturated heterocycles. The molecule has 0 spiro atoms. The average Bonchev–Trinajstić information content (AvgIpc) is 3.46. The molecule has 4 fully saturated rings. The van der Waals surface area contributed by atoms with Gasteiger partial charge in [0.1, 0.15) is 11.6 Å². The number of piperidine rings is 2. The molecule has 0 unspecified atom stereocenters. The molecule has 2 heterocycles. The molecule has 6 atom stereocenters. The summed E-state index contributed by atoms with van der Waals surface area (Å²) in [5, 5.41) is 43.9. The molecule has 6 N–H and O–H groups in total. The number of urea groups is 2. The van der Waals surface area contributed by atoms with Crippen LogP contribution in [-0.2, 0) is 25.1 Å². The Morgan fingerprint density at radius 1 is 0.704 bits per heavy atom. The predicted molar refractivity (Wildman–Crippen MR) is 325 cm³/mol. The number of rotatable bonds is 26. The lowest BCUT2D eigenvalue weighted by atomic mass is 9.74. The van der Waals surface area contributed by atoms with Crippen LogP contribution in [0.15, 0.2) is 36.4 Å². The average molecular weight is 1200 g/mol. The van der Waals surface area contributed by atoms with Gasteiger partial charge in [-0.3, -0.25) is 0 Å². The van der Waals surface area contributed by atoms with Crippen molar-refractivity contribution in [1.82, 2.24) is 25.8 Å². The number of aliphatic hydroxyl groups excluding tert-OH is 1. The van der Waals surface area contributed by atoms with Crippen molar-refractivity contribution in [2.45, 2.75) is 223 Å². The summed E-state index contributed by atoms with van der Waals surface area (Å²) in [6.07, 6.45) is 18.6. The molecule has 18 heteroatoms. The molecule has 4 aliphatic rings. The number of nitrogens with one attached hydrogen (secondary N) is 3. The van der Waals surface area contributed by atoms with Gasteiger partial charge in [0.2, 0.25) is 0 Å². The number of unbranched alkanes of at least 4 members (excludes halogenated alkanes) is 2. The number of nitrogens with zero attached hydrogens (tertiary/aromatic N) is 2. The van der Waals surface area contributed by atoms with E-state index in [1.807, 2.05) is 11.9 Å². The second-order valence-electron chi connectivity index (χ2n) is 25.8. The van der Waals surface area contributed by atoms with Crippen molar-refractivity contribution in [2.24, 2.45) is 23.7 Å². The highest BCUT2D eigenvalue weighted by molar-refractivity contribution is 6.74. The first-order valence-electron chi connectivity index (χ1n) is 30.9. The molecular formula is C63H105Cl2F2N5O8Si. The summed E-state index contributed by atoms with van der Waals surface area (Å²) >= 11 is 12.3. The van der Waals surface area contributed by atoms with E-state index in [9.17, 15) is 24.9 Å². The third-order valence-electron chi connectivity index (χ3n) is 18.8. The largest absolute Gasteiger partial charge is 0.414 e. The molecule has 81 heavy (non-hydrogen) atoms. The highest BCUT2D eigenvalue weighted by Crippen LogP contribution is 2.45. The quantitative estimate of drug-likeness (QED) is 0.0397. The third kappa shape index (κ3) is 20.2. The maximum Gasteiger partial charge on any atom is 0.317 e. The Morgan fingerprint density at radius 2 is 1.15 bits per heavy atom. The first-order valence-corrected chi connectivity index (χ1v) is 34.6. The second kappa shape index (κ2) is 33.3. The van der Waals surface area contributed by atoms with Gasteiger partial charge in [-0.2, -0.15) is 0 Å². The van der Waals surface area contributed by atoms with Gasteiger partial charge < -0.3 is 55.0 Å². The summed E-state index contributed by atoms with van der Waals surface area (Å²) in [6, 6.07) is 9.49. The molecule has 2 aliphatic carbocycles. The highest BCUT2D eigenvalue weighted by Gasteiger charge is 2.46. The molecule has 2 aromatic rings. The lowest BCUT2D eigenvalue weighted by Gasteiger charge is -2.43.